The summed E-state index contributed by atoms with van der Waals surface area (Å²) in [6, 6.07) is 7.10. The number of pyridine rings is 1. The molecule has 119 valence electrons. The van der Waals surface area contributed by atoms with Gasteiger partial charge < -0.3 is 10.5 Å². The zero-order valence-electron chi connectivity index (χ0n) is 12.9. The molecule has 0 atom stereocenters. The third-order valence-corrected chi connectivity index (χ3v) is 2.89. The van der Waals surface area contributed by atoms with Crippen LogP contribution in [0.2, 0.25) is 0 Å². The Morgan fingerprint density at radius 3 is 2.83 bits per heavy atom. The van der Waals surface area contributed by atoms with E-state index < -0.39 is 10.9 Å². The molecule has 2 rings (SSSR count). The number of aryl methyl sites for hydroxylation is 1. The zero-order valence-corrected chi connectivity index (χ0v) is 17.6. The van der Waals surface area contributed by atoms with Crippen LogP contribution < -0.4 is 4.57 Å². The Morgan fingerprint density at radius 1 is 1.42 bits per heavy atom. The van der Waals surface area contributed by atoms with Crippen LogP contribution in [0.4, 0.5) is 11.4 Å². The SMILES string of the molecule is C[n+]1cccc(C(=O)OCC#Cc2cc([N+](=O)[O-])ccc2[NH-])c1.[Ac]. The largest absolute Gasteiger partial charge is 0.698 e. The number of carbonyl (C=O) groups excluding carboxylic acids is 1. The van der Waals surface area contributed by atoms with Crippen LogP contribution in [-0.2, 0) is 11.8 Å². The quantitative estimate of drug-likeness (QED) is 0.197. The Kier molecular flexibility index (Phi) is 7.84. The van der Waals surface area contributed by atoms with Crippen LogP contribution in [0.5, 0.6) is 0 Å². The predicted molar refractivity (Wildman–Crippen MR) is 81.9 cm³/mol. The van der Waals surface area contributed by atoms with E-state index in [9.17, 15) is 14.9 Å². The average Bonchev–Trinajstić information content (AvgIpc) is 2.52. The van der Waals surface area contributed by atoms with Gasteiger partial charge in [0.1, 0.15) is 12.6 Å². The summed E-state index contributed by atoms with van der Waals surface area (Å²) < 4.78 is 6.72. The smallest absolute Gasteiger partial charge is 0.345 e. The van der Waals surface area contributed by atoms with Crippen LogP contribution in [0, 0.1) is 66.0 Å². The van der Waals surface area contributed by atoms with Crippen molar-refractivity contribution in [2.75, 3.05) is 6.61 Å². The topological polar surface area (TPSA) is 97.1 Å². The van der Waals surface area contributed by atoms with Gasteiger partial charge in [-0.1, -0.05) is 17.9 Å². The molecule has 0 fully saturated rings. The van der Waals surface area contributed by atoms with E-state index in [1.54, 1.807) is 36.1 Å². The van der Waals surface area contributed by atoms with Crippen molar-refractivity contribution in [2.45, 2.75) is 0 Å². The Morgan fingerprint density at radius 2 is 2.17 bits per heavy atom. The number of non-ortho nitro benzene ring substituents is 1. The minimum absolute atomic E-state index is 0. The third kappa shape index (κ3) is 5.59. The maximum Gasteiger partial charge on any atom is 0.345 e. The number of carbonyl (C=O) groups is 1. The van der Waals surface area contributed by atoms with Gasteiger partial charge in [-0.05, 0) is 6.07 Å². The second kappa shape index (κ2) is 9.36. The van der Waals surface area contributed by atoms with Crippen LogP contribution in [0.25, 0.3) is 5.73 Å². The molecule has 0 unspecified atom stereocenters. The molecule has 8 heteroatoms. The first kappa shape index (κ1) is 20.1. The van der Waals surface area contributed by atoms with Gasteiger partial charge in [0, 0.05) is 67.8 Å². The molecular weight excluding hydrogens is 525 g/mol. The van der Waals surface area contributed by atoms with Crippen molar-refractivity contribution in [1.82, 2.24) is 0 Å². The molecule has 1 radical (unpaired) electrons. The fourth-order valence-electron chi connectivity index (χ4n) is 1.77. The van der Waals surface area contributed by atoms with E-state index in [0.29, 0.717) is 5.56 Å². The van der Waals surface area contributed by atoms with E-state index in [4.69, 9.17) is 10.5 Å². The molecule has 0 bridgehead atoms. The van der Waals surface area contributed by atoms with Gasteiger partial charge in [-0.3, -0.25) is 10.1 Å². The summed E-state index contributed by atoms with van der Waals surface area (Å²) in [6.07, 6.45) is 3.41. The number of esters is 1. The summed E-state index contributed by atoms with van der Waals surface area (Å²) in [4.78, 5) is 21.9. The van der Waals surface area contributed by atoms with Gasteiger partial charge in [-0.2, -0.15) is 0 Å². The van der Waals surface area contributed by atoms with E-state index in [1.165, 1.54) is 18.2 Å². The first-order valence-electron chi connectivity index (χ1n) is 6.58. The summed E-state index contributed by atoms with van der Waals surface area (Å²) >= 11 is 0. The van der Waals surface area contributed by atoms with Gasteiger partial charge in [-0.25, -0.2) is 9.36 Å². The maximum absolute atomic E-state index is 11.8. The second-order valence-electron chi connectivity index (χ2n) is 4.62. The minimum Gasteiger partial charge on any atom is -0.698 e. The standard InChI is InChI=1S/C16H13N3O4.Ac/c1-18-8-2-4-13(11-18)16(20)23-9-3-5-12-10-14(19(21)22)6-7-15(12)17;/h2,4,6-8,10-11,17H,9H2,1H3;. The van der Waals surface area contributed by atoms with E-state index >= 15 is 0 Å². The molecule has 0 amide bonds. The summed E-state index contributed by atoms with van der Waals surface area (Å²) in [5.74, 6) is 4.67. The average molecular weight is 538 g/mol. The summed E-state index contributed by atoms with van der Waals surface area (Å²) in [5.41, 5.74) is 8.19. The van der Waals surface area contributed by atoms with Gasteiger partial charge in [0.15, 0.2) is 19.0 Å². The van der Waals surface area contributed by atoms with Gasteiger partial charge in [-0.15, -0.1) is 5.69 Å². The molecule has 0 saturated heterocycles. The zero-order chi connectivity index (χ0) is 16.8. The molecule has 1 heterocycles. The van der Waals surface area contributed by atoms with Crippen molar-refractivity contribution < 1.29 is 63.1 Å². The molecule has 0 aliphatic carbocycles. The molecule has 1 aromatic carbocycles. The van der Waals surface area contributed by atoms with Crippen LogP contribution in [0.1, 0.15) is 15.9 Å². The molecule has 0 saturated carbocycles. The number of nitrogens with zero attached hydrogens (tertiary/aromatic N) is 2. The minimum atomic E-state index is -0.556. The number of nitrogens with one attached hydrogen (secondary N) is 1. The molecule has 2 aromatic rings. The number of aromatic nitrogens is 1. The number of benzene rings is 1. The van der Waals surface area contributed by atoms with Crippen LogP contribution in [0.15, 0.2) is 42.7 Å². The van der Waals surface area contributed by atoms with Crippen molar-refractivity contribution in [2.24, 2.45) is 7.05 Å². The van der Waals surface area contributed by atoms with E-state index in [2.05, 4.69) is 11.8 Å². The van der Waals surface area contributed by atoms with E-state index in [0.717, 1.165) is 0 Å². The van der Waals surface area contributed by atoms with Crippen molar-refractivity contribution in [3.63, 3.8) is 0 Å². The molecule has 1 N–H and O–H groups in total. The van der Waals surface area contributed by atoms with Crippen LogP contribution >= 0.6 is 0 Å². The molecule has 7 nitrogen and oxygen atoms in total. The molecule has 24 heavy (non-hydrogen) atoms. The monoisotopic (exact) mass is 538 g/mol. The molecule has 0 aliphatic rings. The fraction of sp³-hybridized carbons (Fsp3) is 0.125. The number of rotatable bonds is 3. The summed E-state index contributed by atoms with van der Waals surface area (Å²) in [7, 11) is 1.79. The number of ether oxygens (including phenoxy) is 1. The first-order chi connectivity index (χ1) is 11.0. The molecule has 1 aromatic heterocycles. The van der Waals surface area contributed by atoms with Crippen LogP contribution in [0.3, 0.4) is 0 Å². The van der Waals surface area contributed by atoms with E-state index in [1.807, 2.05) is 0 Å². The fourth-order valence-corrected chi connectivity index (χ4v) is 1.77. The normalized spacial score (nSPS) is 9.21. The number of nitro groups is 1. The second-order valence-corrected chi connectivity index (χ2v) is 4.62. The maximum atomic E-state index is 11.8. The van der Waals surface area contributed by atoms with Crippen molar-refractivity contribution >= 4 is 17.3 Å². The van der Waals surface area contributed by atoms with E-state index in [-0.39, 0.29) is 67.6 Å². The van der Waals surface area contributed by atoms with Crippen molar-refractivity contribution in [3.8, 4) is 11.8 Å². The summed E-state index contributed by atoms with van der Waals surface area (Å²) in [5, 5.41) is 10.7. The van der Waals surface area contributed by atoms with Gasteiger partial charge >= 0.3 is 5.97 Å². The Labute approximate surface area is 174 Å². The first-order valence-corrected chi connectivity index (χ1v) is 6.58. The van der Waals surface area contributed by atoms with Gasteiger partial charge in [0.05, 0.1) is 4.92 Å². The number of hydrogen-bond donors (Lipinski definition) is 0. The third-order valence-electron chi connectivity index (χ3n) is 2.89. The number of hydrogen-bond acceptors (Lipinski definition) is 4. The van der Waals surface area contributed by atoms with Crippen molar-refractivity contribution in [1.29, 1.82) is 0 Å². The molecule has 0 aliphatic heterocycles. The summed E-state index contributed by atoms with van der Waals surface area (Å²) in [6.45, 7) is -0.167. The molecule has 0 spiro atoms. The Hall–Kier alpha value is -1.96. The Bertz CT molecular complexity index is 828. The van der Waals surface area contributed by atoms with Gasteiger partial charge in [0.2, 0.25) is 0 Å². The van der Waals surface area contributed by atoms with Gasteiger partial charge in [0.25, 0.3) is 5.69 Å². The van der Waals surface area contributed by atoms with Crippen LogP contribution in [-0.4, -0.2) is 17.5 Å². The Balaban J connectivity index is 0.00000288. The number of nitro benzene ring substituents is 1. The predicted octanol–water partition coefficient (Wildman–Crippen LogP) is 2.31. The van der Waals surface area contributed by atoms with Crippen molar-refractivity contribution in [3.05, 3.63) is 69.7 Å². The molecular formula is C16H13AcN3O4.